The Morgan fingerprint density at radius 2 is 1.55 bits per heavy atom. The Labute approximate surface area is 171 Å². The van der Waals surface area contributed by atoms with E-state index in [-0.39, 0.29) is 4.90 Å². The highest BCUT2D eigenvalue weighted by molar-refractivity contribution is 7.89. The molecule has 0 atom stereocenters. The number of benzene rings is 2. The predicted octanol–water partition coefficient (Wildman–Crippen LogP) is 2.85. The van der Waals surface area contributed by atoms with Gasteiger partial charge in [0, 0.05) is 26.2 Å². The molecule has 0 aliphatic carbocycles. The van der Waals surface area contributed by atoms with Crippen LogP contribution in [0.5, 0.6) is 5.75 Å². The van der Waals surface area contributed by atoms with Gasteiger partial charge in [-0.1, -0.05) is 12.1 Å². The summed E-state index contributed by atoms with van der Waals surface area (Å²) >= 11 is 0. The summed E-state index contributed by atoms with van der Waals surface area (Å²) in [5.74, 6) is 1.49. The van der Waals surface area contributed by atoms with Gasteiger partial charge in [0.1, 0.15) is 5.75 Å². The van der Waals surface area contributed by atoms with Crippen molar-refractivity contribution >= 4 is 26.9 Å². The van der Waals surface area contributed by atoms with Crippen molar-refractivity contribution < 1.29 is 13.2 Å². The molecule has 3 aromatic rings. The van der Waals surface area contributed by atoms with Gasteiger partial charge in [0.05, 0.1) is 28.2 Å². The lowest BCUT2D eigenvalue weighted by molar-refractivity contribution is 0.340. The molecule has 0 spiro atoms. The normalized spacial score (nSPS) is 15.6. The Balaban J connectivity index is 1.49. The summed E-state index contributed by atoms with van der Waals surface area (Å²) in [5.41, 5.74) is 2.56. The van der Waals surface area contributed by atoms with Crippen LogP contribution in [-0.4, -0.2) is 55.5 Å². The largest absolute Gasteiger partial charge is 0.494 e. The van der Waals surface area contributed by atoms with Crippen molar-refractivity contribution in [1.29, 1.82) is 0 Å². The van der Waals surface area contributed by atoms with Crippen LogP contribution in [0.1, 0.15) is 12.6 Å². The number of rotatable bonds is 5. The van der Waals surface area contributed by atoms with Gasteiger partial charge in [-0.05, 0) is 50.2 Å². The van der Waals surface area contributed by atoms with Gasteiger partial charge < -0.3 is 9.64 Å². The molecule has 0 amide bonds. The average molecular weight is 413 g/mol. The molecule has 1 aliphatic rings. The molecule has 8 heteroatoms. The van der Waals surface area contributed by atoms with Crippen LogP contribution in [0.15, 0.2) is 53.4 Å². The lowest BCUT2D eigenvalue weighted by atomic mass is 10.2. The van der Waals surface area contributed by atoms with Gasteiger partial charge in [0.15, 0.2) is 5.82 Å². The summed E-state index contributed by atoms with van der Waals surface area (Å²) in [6.07, 6.45) is 0. The Morgan fingerprint density at radius 1 is 0.931 bits per heavy atom. The van der Waals surface area contributed by atoms with E-state index in [1.807, 2.05) is 38.1 Å². The van der Waals surface area contributed by atoms with Crippen molar-refractivity contribution in [3.05, 3.63) is 54.2 Å². The topological polar surface area (TPSA) is 75.6 Å². The molecule has 2 aromatic carbocycles. The Kier molecular flexibility index (Phi) is 5.38. The van der Waals surface area contributed by atoms with Gasteiger partial charge >= 0.3 is 0 Å². The number of hydrogen-bond donors (Lipinski definition) is 0. The second kappa shape index (κ2) is 7.96. The predicted molar refractivity (Wildman–Crippen MR) is 113 cm³/mol. The van der Waals surface area contributed by atoms with E-state index < -0.39 is 10.0 Å². The quantitative estimate of drug-likeness (QED) is 0.641. The van der Waals surface area contributed by atoms with Gasteiger partial charge in [0.2, 0.25) is 10.0 Å². The van der Waals surface area contributed by atoms with Crippen molar-refractivity contribution in [2.75, 3.05) is 37.7 Å². The molecular formula is C21H24N4O3S. The number of fused-ring (bicyclic) bond motifs is 1. The van der Waals surface area contributed by atoms with E-state index in [2.05, 4.69) is 9.88 Å². The number of para-hydroxylation sites is 2. The smallest absolute Gasteiger partial charge is 0.243 e. The molecule has 1 aliphatic heterocycles. The minimum Gasteiger partial charge on any atom is -0.494 e. The maximum absolute atomic E-state index is 13.0. The van der Waals surface area contributed by atoms with E-state index in [4.69, 9.17) is 9.72 Å². The molecule has 1 saturated heterocycles. The maximum Gasteiger partial charge on any atom is 0.243 e. The monoisotopic (exact) mass is 412 g/mol. The van der Waals surface area contributed by atoms with E-state index >= 15 is 0 Å². The number of sulfonamides is 1. The fourth-order valence-corrected chi connectivity index (χ4v) is 4.96. The zero-order valence-electron chi connectivity index (χ0n) is 16.6. The molecule has 0 unspecified atom stereocenters. The van der Waals surface area contributed by atoms with Crippen LogP contribution in [0.2, 0.25) is 0 Å². The van der Waals surface area contributed by atoms with Crippen molar-refractivity contribution in [1.82, 2.24) is 14.3 Å². The van der Waals surface area contributed by atoms with E-state index in [0.717, 1.165) is 22.5 Å². The molecule has 0 radical (unpaired) electrons. The lowest BCUT2D eigenvalue weighted by Gasteiger charge is -2.35. The highest BCUT2D eigenvalue weighted by atomic mass is 32.2. The first-order valence-electron chi connectivity index (χ1n) is 9.70. The molecule has 29 heavy (non-hydrogen) atoms. The third kappa shape index (κ3) is 3.90. The van der Waals surface area contributed by atoms with Crippen molar-refractivity contribution in [2.45, 2.75) is 18.7 Å². The van der Waals surface area contributed by atoms with Crippen LogP contribution in [-0.2, 0) is 10.0 Å². The molecule has 1 aromatic heterocycles. The fourth-order valence-electron chi connectivity index (χ4n) is 3.54. The van der Waals surface area contributed by atoms with Crippen molar-refractivity contribution in [2.24, 2.45) is 0 Å². The van der Waals surface area contributed by atoms with E-state index in [9.17, 15) is 8.42 Å². The van der Waals surface area contributed by atoms with Gasteiger partial charge in [-0.15, -0.1) is 0 Å². The molecule has 4 rings (SSSR count). The molecule has 2 heterocycles. The third-order valence-corrected chi connectivity index (χ3v) is 6.94. The first-order chi connectivity index (χ1) is 14.0. The Hall–Kier alpha value is -2.71. The second-order valence-electron chi connectivity index (χ2n) is 6.92. The first kappa shape index (κ1) is 19.6. The number of ether oxygens (including phenoxy) is 1. The molecule has 0 N–H and O–H groups in total. The zero-order chi connectivity index (χ0) is 20.4. The summed E-state index contributed by atoms with van der Waals surface area (Å²) in [6.45, 7) is 6.34. The van der Waals surface area contributed by atoms with Gasteiger partial charge in [-0.2, -0.15) is 4.31 Å². The van der Waals surface area contributed by atoms with Crippen LogP contribution in [0, 0.1) is 6.92 Å². The molecule has 0 saturated carbocycles. The molecule has 1 fully saturated rings. The average Bonchev–Trinajstić information content (AvgIpc) is 2.74. The summed E-state index contributed by atoms with van der Waals surface area (Å²) in [6, 6.07) is 14.4. The third-order valence-electron chi connectivity index (χ3n) is 5.03. The number of hydrogen-bond acceptors (Lipinski definition) is 6. The number of piperazine rings is 1. The van der Waals surface area contributed by atoms with Gasteiger partial charge in [-0.3, -0.25) is 0 Å². The van der Waals surface area contributed by atoms with Crippen LogP contribution in [0.25, 0.3) is 11.0 Å². The van der Waals surface area contributed by atoms with Gasteiger partial charge in [0.25, 0.3) is 0 Å². The first-order valence-corrected chi connectivity index (χ1v) is 11.1. The zero-order valence-corrected chi connectivity index (χ0v) is 17.4. The molecule has 7 nitrogen and oxygen atoms in total. The fraction of sp³-hybridized carbons (Fsp3) is 0.333. The Bertz CT molecular complexity index is 1110. The summed E-state index contributed by atoms with van der Waals surface area (Å²) in [4.78, 5) is 11.8. The highest BCUT2D eigenvalue weighted by Crippen LogP contribution is 2.24. The summed E-state index contributed by atoms with van der Waals surface area (Å²) in [7, 11) is -3.53. The number of aryl methyl sites for hydroxylation is 1. The molecular weight excluding hydrogens is 388 g/mol. The van der Waals surface area contributed by atoms with Crippen LogP contribution >= 0.6 is 0 Å². The lowest BCUT2D eigenvalue weighted by Crippen LogP contribution is -2.49. The van der Waals surface area contributed by atoms with Crippen LogP contribution in [0.3, 0.4) is 0 Å². The minimum atomic E-state index is -3.53. The molecule has 0 bridgehead atoms. The van der Waals surface area contributed by atoms with E-state index in [1.165, 1.54) is 4.31 Å². The van der Waals surface area contributed by atoms with Crippen LogP contribution < -0.4 is 9.64 Å². The van der Waals surface area contributed by atoms with Crippen molar-refractivity contribution in [3.8, 4) is 5.75 Å². The number of aromatic nitrogens is 2. The molecule has 152 valence electrons. The summed E-state index contributed by atoms with van der Waals surface area (Å²) in [5, 5.41) is 0. The highest BCUT2D eigenvalue weighted by Gasteiger charge is 2.29. The van der Waals surface area contributed by atoms with E-state index in [1.54, 1.807) is 24.3 Å². The van der Waals surface area contributed by atoms with Gasteiger partial charge in [-0.25, -0.2) is 18.4 Å². The minimum absolute atomic E-state index is 0.288. The number of nitrogens with zero attached hydrogens (tertiary/aromatic N) is 4. The van der Waals surface area contributed by atoms with Crippen molar-refractivity contribution in [3.63, 3.8) is 0 Å². The van der Waals surface area contributed by atoms with Crippen LogP contribution in [0.4, 0.5) is 5.82 Å². The summed E-state index contributed by atoms with van der Waals surface area (Å²) < 4.78 is 32.9. The SMILES string of the molecule is CCOc1ccc(S(=O)(=O)N2CCN(c3nc4ccccc4nc3C)CC2)cc1. The maximum atomic E-state index is 13.0. The Morgan fingerprint density at radius 3 is 2.17 bits per heavy atom. The second-order valence-corrected chi connectivity index (χ2v) is 8.85. The standard InChI is InChI=1S/C21H24N4O3S/c1-3-28-17-8-10-18(11-9-17)29(26,27)25-14-12-24(13-15-25)21-16(2)22-19-6-4-5-7-20(19)23-21/h4-11H,3,12-15H2,1-2H3. The number of anilines is 1. The van der Waals surface area contributed by atoms with E-state index in [0.29, 0.717) is 38.5 Å².